The molecule has 25 heavy (non-hydrogen) atoms. The molecule has 0 unspecified atom stereocenters. The summed E-state index contributed by atoms with van der Waals surface area (Å²) in [6.45, 7) is 4.05. The van der Waals surface area contributed by atoms with Gasteiger partial charge in [-0.05, 0) is 51.5 Å². The highest BCUT2D eigenvalue weighted by atomic mass is 16.5. The van der Waals surface area contributed by atoms with Gasteiger partial charge in [0.2, 0.25) is 11.8 Å². The van der Waals surface area contributed by atoms with E-state index in [9.17, 15) is 4.79 Å². The summed E-state index contributed by atoms with van der Waals surface area (Å²) in [5, 5.41) is 6.51. The fourth-order valence-electron chi connectivity index (χ4n) is 3.60. The number of aryl methyl sites for hydroxylation is 1. The second-order valence-electron chi connectivity index (χ2n) is 6.84. The second kappa shape index (κ2) is 7.76. The summed E-state index contributed by atoms with van der Waals surface area (Å²) >= 11 is 0. The first-order chi connectivity index (χ1) is 12.0. The van der Waals surface area contributed by atoms with Crippen molar-refractivity contribution in [2.45, 2.75) is 19.4 Å². The number of carbonyl (C=O) groups is 1. The lowest BCUT2D eigenvalue weighted by atomic mass is 9.94. The maximum atomic E-state index is 12.2. The monoisotopic (exact) mass is 343 g/mol. The molecule has 0 aromatic carbocycles. The topological polar surface area (TPSA) is 74.5 Å². The van der Waals surface area contributed by atoms with E-state index in [2.05, 4.69) is 38.4 Å². The molecule has 3 rings (SSSR count). The van der Waals surface area contributed by atoms with Crippen molar-refractivity contribution in [2.75, 3.05) is 39.0 Å². The fraction of sp³-hybridized carbons (Fsp3) is 0.500. The standard InChI is InChI=1S/C18H25N5O2/c1-13-9-17(25-21-13)20-16(24)12-22(2)11-15-6-8-23(3)18(15)14-5-4-7-19-10-14/h4-5,7,9-10,15,18H,6,8,11-12H2,1-3H3,(H,20,24)/t15-,18-/m0/s1. The van der Waals surface area contributed by atoms with Crippen LogP contribution < -0.4 is 5.32 Å². The van der Waals surface area contributed by atoms with Crippen LogP contribution in [0.15, 0.2) is 35.1 Å². The first-order valence-electron chi connectivity index (χ1n) is 8.55. The van der Waals surface area contributed by atoms with E-state index in [1.807, 2.05) is 26.2 Å². The molecule has 1 N–H and O–H groups in total. The molecular weight excluding hydrogens is 318 g/mol. The Morgan fingerprint density at radius 1 is 1.52 bits per heavy atom. The zero-order chi connectivity index (χ0) is 17.8. The van der Waals surface area contributed by atoms with Crippen molar-refractivity contribution < 1.29 is 9.32 Å². The molecule has 1 fully saturated rings. The SMILES string of the molecule is Cc1cc(NC(=O)CN(C)C[C@@H]2CCN(C)[C@H]2c2cccnc2)on1. The Bertz CT molecular complexity index is 703. The van der Waals surface area contributed by atoms with Crippen molar-refractivity contribution in [3.05, 3.63) is 41.9 Å². The van der Waals surface area contributed by atoms with Gasteiger partial charge in [0.1, 0.15) is 0 Å². The zero-order valence-electron chi connectivity index (χ0n) is 15.0. The second-order valence-corrected chi connectivity index (χ2v) is 6.84. The number of amides is 1. The Labute approximate surface area is 148 Å². The summed E-state index contributed by atoms with van der Waals surface area (Å²) in [5.74, 6) is 0.771. The van der Waals surface area contributed by atoms with Crippen molar-refractivity contribution in [1.82, 2.24) is 19.9 Å². The minimum Gasteiger partial charge on any atom is -0.338 e. The Morgan fingerprint density at radius 2 is 2.36 bits per heavy atom. The van der Waals surface area contributed by atoms with Crippen molar-refractivity contribution in [3.63, 3.8) is 0 Å². The molecule has 2 aromatic rings. The molecular formula is C18H25N5O2. The van der Waals surface area contributed by atoms with Crippen LogP contribution in [-0.2, 0) is 4.79 Å². The van der Waals surface area contributed by atoms with E-state index in [1.54, 1.807) is 12.3 Å². The van der Waals surface area contributed by atoms with Crippen LogP contribution in [0.25, 0.3) is 0 Å². The van der Waals surface area contributed by atoms with Crippen molar-refractivity contribution in [2.24, 2.45) is 5.92 Å². The van der Waals surface area contributed by atoms with E-state index in [0.717, 1.165) is 25.2 Å². The molecule has 2 aromatic heterocycles. The number of hydrogen-bond donors (Lipinski definition) is 1. The maximum Gasteiger partial charge on any atom is 0.240 e. The maximum absolute atomic E-state index is 12.2. The average Bonchev–Trinajstić information content (AvgIpc) is 3.13. The zero-order valence-corrected chi connectivity index (χ0v) is 15.0. The quantitative estimate of drug-likeness (QED) is 0.864. The fourth-order valence-corrected chi connectivity index (χ4v) is 3.60. The lowest BCUT2D eigenvalue weighted by Gasteiger charge is -2.28. The number of aromatic nitrogens is 2. The third-order valence-electron chi connectivity index (χ3n) is 4.65. The molecule has 3 heterocycles. The van der Waals surface area contributed by atoms with Gasteiger partial charge in [0, 0.05) is 31.0 Å². The van der Waals surface area contributed by atoms with E-state index in [1.165, 1.54) is 5.56 Å². The average molecular weight is 343 g/mol. The third-order valence-corrected chi connectivity index (χ3v) is 4.65. The molecule has 2 atom stereocenters. The van der Waals surface area contributed by atoms with Crippen molar-refractivity contribution >= 4 is 11.8 Å². The van der Waals surface area contributed by atoms with Gasteiger partial charge in [0.05, 0.1) is 12.2 Å². The van der Waals surface area contributed by atoms with E-state index < -0.39 is 0 Å². The first-order valence-corrected chi connectivity index (χ1v) is 8.55. The Balaban J connectivity index is 1.56. The molecule has 134 valence electrons. The highest BCUT2D eigenvalue weighted by Crippen LogP contribution is 2.35. The molecule has 0 radical (unpaired) electrons. The van der Waals surface area contributed by atoms with Gasteiger partial charge in [-0.2, -0.15) is 0 Å². The van der Waals surface area contributed by atoms with Crippen LogP contribution in [0.5, 0.6) is 0 Å². The summed E-state index contributed by atoms with van der Waals surface area (Å²) in [4.78, 5) is 20.8. The van der Waals surface area contributed by atoms with Crippen LogP contribution in [-0.4, -0.2) is 59.6 Å². The third kappa shape index (κ3) is 4.43. The predicted octanol–water partition coefficient (Wildman–Crippen LogP) is 1.94. The molecule has 7 heteroatoms. The number of nitrogens with one attached hydrogen (secondary N) is 1. The number of likely N-dealkylation sites (N-methyl/N-ethyl adjacent to an activating group) is 1. The predicted molar refractivity (Wildman–Crippen MR) is 95.1 cm³/mol. The Morgan fingerprint density at radius 3 is 3.04 bits per heavy atom. The number of nitrogens with zero attached hydrogens (tertiary/aromatic N) is 4. The molecule has 1 aliphatic heterocycles. The molecule has 1 amide bonds. The van der Waals surface area contributed by atoms with Gasteiger partial charge >= 0.3 is 0 Å². The number of anilines is 1. The highest BCUT2D eigenvalue weighted by molar-refractivity contribution is 5.90. The molecule has 0 spiro atoms. The van der Waals surface area contributed by atoms with E-state index in [0.29, 0.717) is 24.4 Å². The summed E-state index contributed by atoms with van der Waals surface area (Å²) < 4.78 is 5.02. The summed E-state index contributed by atoms with van der Waals surface area (Å²) in [7, 11) is 4.13. The molecule has 0 aliphatic carbocycles. The molecule has 0 bridgehead atoms. The van der Waals surface area contributed by atoms with Crippen LogP contribution in [0.4, 0.5) is 5.88 Å². The van der Waals surface area contributed by atoms with Crippen molar-refractivity contribution in [3.8, 4) is 0 Å². The van der Waals surface area contributed by atoms with Gasteiger partial charge in [0.25, 0.3) is 0 Å². The van der Waals surface area contributed by atoms with Crippen molar-refractivity contribution in [1.29, 1.82) is 0 Å². The summed E-state index contributed by atoms with van der Waals surface area (Å²) in [5.41, 5.74) is 1.99. The molecule has 7 nitrogen and oxygen atoms in total. The van der Waals surface area contributed by atoms with Crippen LogP contribution >= 0.6 is 0 Å². The number of pyridine rings is 1. The molecule has 1 saturated heterocycles. The van der Waals surface area contributed by atoms with Gasteiger partial charge in [-0.15, -0.1) is 0 Å². The number of likely N-dealkylation sites (tertiary alicyclic amines) is 1. The summed E-state index contributed by atoms with van der Waals surface area (Å²) in [6, 6.07) is 6.17. The normalized spacial score (nSPS) is 21.0. The van der Waals surface area contributed by atoms with Gasteiger partial charge in [-0.1, -0.05) is 11.2 Å². The van der Waals surface area contributed by atoms with E-state index in [-0.39, 0.29) is 5.91 Å². The van der Waals surface area contributed by atoms with Gasteiger partial charge in [0.15, 0.2) is 0 Å². The van der Waals surface area contributed by atoms with Gasteiger partial charge < -0.3 is 4.52 Å². The smallest absolute Gasteiger partial charge is 0.240 e. The summed E-state index contributed by atoms with van der Waals surface area (Å²) in [6.07, 6.45) is 4.86. The van der Waals surface area contributed by atoms with Crippen LogP contribution in [0.3, 0.4) is 0 Å². The minimum absolute atomic E-state index is 0.0945. The van der Waals surface area contributed by atoms with Gasteiger partial charge in [-0.25, -0.2) is 0 Å². The lowest BCUT2D eigenvalue weighted by Crippen LogP contribution is -2.35. The highest BCUT2D eigenvalue weighted by Gasteiger charge is 2.33. The number of carbonyl (C=O) groups excluding carboxylic acids is 1. The molecule has 0 saturated carbocycles. The lowest BCUT2D eigenvalue weighted by molar-refractivity contribution is -0.117. The number of hydrogen-bond acceptors (Lipinski definition) is 6. The Hall–Kier alpha value is -2.25. The minimum atomic E-state index is -0.0945. The number of rotatable bonds is 6. The largest absolute Gasteiger partial charge is 0.338 e. The first kappa shape index (κ1) is 17.6. The van der Waals surface area contributed by atoms with Crippen LogP contribution in [0.1, 0.15) is 23.7 Å². The molecule has 1 aliphatic rings. The van der Waals surface area contributed by atoms with E-state index in [4.69, 9.17) is 4.52 Å². The Kier molecular flexibility index (Phi) is 5.45. The van der Waals surface area contributed by atoms with E-state index >= 15 is 0 Å². The van der Waals surface area contributed by atoms with Gasteiger partial charge in [-0.3, -0.25) is 24.9 Å². The van der Waals surface area contributed by atoms with Crippen LogP contribution in [0, 0.1) is 12.8 Å². The van der Waals surface area contributed by atoms with Crippen LogP contribution in [0.2, 0.25) is 0 Å².